The van der Waals surface area contributed by atoms with E-state index in [0.717, 1.165) is 0 Å². The van der Waals surface area contributed by atoms with E-state index in [1.165, 1.54) is 20.1 Å². The van der Waals surface area contributed by atoms with E-state index < -0.39 is 67.1 Å². The lowest BCUT2D eigenvalue weighted by Crippen LogP contribution is -2.59. The average Bonchev–Trinajstić information content (AvgIpc) is 3.05. The Morgan fingerprint density at radius 2 is 1.59 bits per heavy atom. The molecule has 3 aliphatic heterocycles. The summed E-state index contributed by atoms with van der Waals surface area (Å²) in [7, 11) is 0. The molecule has 8 atom stereocenters. The summed E-state index contributed by atoms with van der Waals surface area (Å²) in [4.78, 5) is 34.9. The highest BCUT2D eigenvalue weighted by molar-refractivity contribution is 5.67. The van der Waals surface area contributed by atoms with Gasteiger partial charge in [-0.25, -0.2) is 4.79 Å². The summed E-state index contributed by atoms with van der Waals surface area (Å²) in [5.74, 6) is -1.07. The number of carbonyl (C=O) groups is 3. The van der Waals surface area contributed by atoms with Crippen LogP contribution in [-0.4, -0.2) is 67.1 Å². The van der Waals surface area contributed by atoms with Crippen molar-refractivity contribution in [1.29, 1.82) is 0 Å². The molecule has 2 saturated heterocycles. The van der Waals surface area contributed by atoms with Gasteiger partial charge in [0.15, 0.2) is 30.7 Å². The number of rotatable bonds is 6. The molecule has 0 aliphatic carbocycles. The molecule has 0 saturated carbocycles. The molecular formula is C19H26O10. The zero-order chi connectivity index (χ0) is 21.1. The van der Waals surface area contributed by atoms with Gasteiger partial charge in [-0.2, -0.15) is 0 Å². The van der Waals surface area contributed by atoms with Crippen LogP contribution in [0, 0.1) is 0 Å². The van der Waals surface area contributed by atoms with Crippen LogP contribution in [0.2, 0.25) is 0 Å². The molecule has 3 heterocycles. The predicted molar refractivity (Wildman–Crippen MR) is 94.4 cm³/mol. The van der Waals surface area contributed by atoms with Crippen LogP contribution in [0.5, 0.6) is 0 Å². The minimum Gasteiger partial charge on any atom is -0.494 e. The Kier molecular flexibility index (Phi) is 6.63. The smallest absolute Gasteiger partial charge is 0.494 e. The molecule has 0 aromatic heterocycles. The molecule has 10 nitrogen and oxygen atoms in total. The van der Waals surface area contributed by atoms with E-state index >= 15 is 0 Å². The van der Waals surface area contributed by atoms with E-state index in [4.69, 9.17) is 33.2 Å². The minimum absolute atomic E-state index is 0.410. The maximum absolute atomic E-state index is 11.7. The van der Waals surface area contributed by atoms with Crippen LogP contribution in [0.3, 0.4) is 0 Å². The van der Waals surface area contributed by atoms with Crippen LogP contribution in [0.25, 0.3) is 0 Å². The number of fused-ring (bicyclic) bond motifs is 1. The molecule has 0 aromatic rings. The number of hydrogen-bond donors (Lipinski definition) is 0. The first-order chi connectivity index (χ1) is 13.8. The van der Waals surface area contributed by atoms with Crippen molar-refractivity contribution in [3.8, 4) is 0 Å². The molecule has 29 heavy (non-hydrogen) atoms. The molecule has 0 amide bonds. The van der Waals surface area contributed by atoms with Gasteiger partial charge in [-0.1, -0.05) is 13.8 Å². The van der Waals surface area contributed by atoms with Crippen molar-refractivity contribution in [2.75, 3.05) is 0 Å². The minimum atomic E-state index is -1.07. The van der Waals surface area contributed by atoms with Crippen LogP contribution >= 0.6 is 0 Å². The molecule has 162 valence electrons. The maximum atomic E-state index is 11.7. The van der Waals surface area contributed by atoms with Crippen LogP contribution < -0.4 is 0 Å². The highest BCUT2D eigenvalue weighted by atomic mass is 16.8. The van der Waals surface area contributed by atoms with Gasteiger partial charge in [-0.3, -0.25) is 9.59 Å². The monoisotopic (exact) mass is 414 g/mol. The predicted octanol–water partition coefficient (Wildman–Crippen LogP) is 1.60. The molecule has 3 rings (SSSR count). The third-order valence-electron chi connectivity index (χ3n) is 4.97. The number of hydrogen-bond acceptors (Lipinski definition) is 10. The zero-order valence-electron chi connectivity index (χ0n) is 16.8. The average molecular weight is 414 g/mol. The van der Waals surface area contributed by atoms with Crippen LogP contribution in [-0.2, 0) is 42.7 Å². The molecule has 3 unspecified atom stereocenters. The Bertz CT molecular complexity index is 661. The summed E-state index contributed by atoms with van der Waals surface area (Å²) in [5, 5.41) is 0. The topological polar surface area (TPSA) is 116 Å². The molecule has 3 aliphatic rings. The second-order valence-electron chi connectivity index (χ2n) is 7.03. The highest BCUT2D eigenvalue weighted by Crippen LogP contribution is 2.36. The first-order valence-corrected chi connectivity index (χ1v) is 9.68. The van der Waals surface area contributed by atoms with Gasteiger partial charge >= 0.3 is 18.1 Å². The summed E-state index contributed by atoms with van der Waals surface area (Å²) in [5.41, 5.74) is 0. The molecule has 10 heteroatoms. The quantitative estimate of drug-likeness (QED) is 0.469. The van der Waals surface area contributed by atoms with E-state index in [9.17, 15) is 14.4 Å². The molecule has 0 N–H and O–H groups in total. The van der Waals surface area contributed by atoms with Gasteiger partial charge in [0, 0.05) is 13.8 Å². The van der Waals surface area contributed by atoms with Gasteiger partial charge in [0.2, 0.25) is 0 Å². The Morgan fingerprint density at radius 3 is 2.21 bits per heavy atom. The van der Waals surface area contributed by atoms with Gasteiger partial charge in [0.1, 0.15) is 18.3 Å². The lowest BCUT2D eigenvalue weighted by molar-refractivity contribution is -0.299. The third kappa shape index (κ3) is 4.64. The zero-order valence-corrected chi connectivity index (χ0v) is 16.8. The van der Waals surface area contributed by atoms with Crippen molar-refractivity contribution in [2.45, 2.75) is 89.6 Å². The largest absolute Gasteiger partial charge is 0.509 e. The van der Waals surface area contributed by atoms with E-state index in [1.54, 1.807) is 6.08 Å². The van der Waals surface area contributed by atoms with Crippen molar-refractivity contribution >= 4 is 18.1 Å². The standard InChI is InChI=1S/C19H26O10/c1-5-11-14(24-9(3)20)13(7-8-23-11)27-18-17(25-10(4)21)16-15(12(6-2)26-18)28-19(22)29-16/h7-8,11-18H,5-6H2,1-4H3/t11?,12?,13-,14-,15+,16+,17?,18+/m1/s1. The molecule has 2 fully saturated rings. The Labute approximate surface area is 168 Å². The van der Waals surface area contributed by atoms with Crippen LogP contribution in [0.15, 0.2) is 12.3 Å². The summed E-state index contributed by atoms with van der Waals surface area (Å²) < 4.78 is 38.8. The fraction of sp³-hybridized carbons (Fsp3) is 0.737. The van der Waals surface area contributed by atoms with E-state index in [0.29, 0.717) is 12.8 Å². The normalized spacial score (nSPS) is 38.3. The Hall–Kier alpha value is -2.33. The van der Waals surface area contributed by atoms with Crippen LogP contribution in [0.1, 0.15) is 40.5 Å². The molecule has 0 spiro atoms. The Balaban J connectivity index is 1.84. The second-order valence-corrected chi connectivity index (χ2v) is 7.03. The van der Waals surface area contributed by atoms with Crippen molar-refractivity contribution in [2.24, 2.45) is 0 Å². The summed E-state index contributed by atoms with van der Waals surface area (Å²) in [6.07, 6.45) is -2.74. The molecule has 0 bridgehead atoms. The summed E-state index contributed by atoms with van der Waals surface area (Å²) in [6, 6.07) is 0. The number of esters is 2. The lowest BCUT2D eigenvalue weighted by atomic mass is 9.96. The van der Waals surface area contributed by atoms with Gasteiger partial charge in [-0.15, -0.1) is 0 Å². The second kappa shape index (κ2) is 9.00. The van der Waals surface area contributed by atoms with E-state index in [-0.39, 0.29) is 0 Å². The SMILES string of the molecule is CCC1OC=C[C@@H](O[C@@H]2OC(CC)[C@@H]3OC(=O)O[C@@H]3C2OC(C)=O)[C@@H]1OC(C)=O. The van der Waals surface area contributed by atoms with Gasteiger partial charge in [0.25, 0.3) is 0 Å². The molecule has 0 radical (unpaired) electrons. The number of ether oxygens (including phenoxy) is 7. The fourth-order valence-electron chi connectivity index (χ4n) is 3.72. The van der Waals surface area contributed by atoms with Crippen molar-refractivity contribution in [3.63, 3.8) is 0 Å². The fourth-order valence-corrected chi connectivity index (χ4v) is 3.72. The number of carbonyl (C=O) groups excluding carboxylic acids is 3. The van der Waals surface area contributed by atoms with Crippen molar-refractivity contribution in [1.82, 2.24) is 0 Å². The van der Waals surface area contributed by atoms with E-state index in [2.05, 4.69) is 0 Å². The molecule has 0 aromatic carbocycles. The summed E-state index contributed by atoms with van der Waals surface area (Å²) >= 11 is 0. The highest BCUT2D eigenvalue weighted by Gasteiger charge is 2.56. The van der Waals surface area contributed by atoms with Gasteiger partial charge < -0.3 is 33.2 Å². The first kappa shape index (κ1) is 21.4. The lowest BCUT2D eigenvalue weighted by Gasteiger charge is -2.42. The summed E-state index contributed by atoms with van der Waals surface area (Å²) in [6.45, 7) is 6.29. The van der Waals surface area contributed by atoms with Crippen molar-refractivity contribution in [3.05, 3.63) is 12.3 Å². The Morgan fingerprint density at radius 1 is 0.966 bits per heavy atom. The van der Waals surface area contributed by atoms with Crippen LogP contribution in [0.4, 0.5) is 4.79 Å². The van der Waals surface area contributed by atoms with Gasteiger partial charge in [-0.05, 0) is 18.9 Å². The first-order valence-electron chi connectivity index (χ1n) is 9.68. The van der Waals surface area contributed by atoms with Crippen molar-refractivity contribution < 1.29 is 47.5 Å². The van der Waals surface area contributed by atoms with E-state index in [1.807, 2.05) is 13.8 Å². The molecular weight excluding hydrogens is 388 g/mol. The van der Waals surface area contributed by atoms with Gasteiger partial charge in [0.05, 0.1) is 6.26 Å². The maximum Gasteiger partial charge on any atom is 0.509 e. The third-order valence-corrected chi connectivity index (χ3v) is 4.97.